The topological polar surface area (TPSA) is 55.1 Å². The summed E-state index contributed by atoms with van der Waals surface area (Å²) in [6, 6.07) is 43.4. The van der Waals surface area contributed by atoms with Crippen LogP contribution in [0.5, 0.6) is 0 Å². The second kappa shape index (κ2) is 9.03. The van der Waals surface area contributed by atoms with E-state index in [-0.39, 0.29) is 0 Å². The Morgan fingerprint density at radius 3 is 2.15 bits per heavy atom. The Hall–Kier alpha value is -5.55. The first-order chi connectivity index (χ1) is 19.8. The molecule has 5 nitrogen and oxygen atoms in total. The highest BCUT2D eigenvalue weighted by Gasteiger charge is 2.16. The van der Waals surface area contributed by atoms with E-state index in [1.54, 1.807) is 0 Å². The van der Waals surface area contributed by atoms with Crippen LogP contribution in [0.2, 0.25) is 0 Å². The fraction of sp³-hybridized carbons (Fsp3) is 0. The van der Waals surface area contributed by atoms with E-state index in [1.165, 1.54) is 10.8 Å². The summed E-state index contributed by atoms with van der Waals surface area (Å²) in [6.45, 7) is 0. The average Bonchev–Trinajstić information content (AvgIpc) is 3.45. The van der Waals surface area contributed by atoms with Gasteiger partial charge >= 0.3 is 0 Å². The van der Waals surface area contributed by atoms with Crippen molar-refractivity contribution < 1.29 is 4.42 Å². The molecule has 0 radical (unpaired) electrons. The summed E-state index contributed by atoms with van der Waals surface area (Å²) in [7, 11) is 0. The van der Waals surface area contributed by atoms with Crippen LogP contribution in [0.15, 0.2) is 138 Å². The van der Waals surface area contributed by atoms with Crippen molar-refractivity contribution in [2.75, 3.05) is 4.90 Å². The Labute approximate surface area is 230 Å². The van der Waals surface area contributed by atoms with Gasteiger partial charge in [-0.3, -0.25) is 9.88 Å². The largest absolute Gasteiger partial charge is 0.436 e. The van der Waals surface area contributed by atoms with Crippen LogP contribution in [-0.4, -0.2) is 15.0 Å². The Morgan fingerprint density at radius 2 is 1.25 bits per heavy atom. The molecule has 0 aliphatic carbocycles. The molecule has 8 aromatic rings. The molecule has 0 amide bonds. The van der Waals surface area contributed by atoms with Crippen molar-refractivity contribution in [3.63, 3.8) is 0 Å². The molecule has 0 fully saturated rings. The third kappa shape index (κ3) is 3.84. The second-order valence-electron chi connectivity index (χ2n) is 9.81. The SMILES string of the molecule is c1ccc2cc(N(c3ccc(-c4nc5ccccc5o4)cc3)c3ccc4cc5cccnc5cc4n3)ccc2c1. The summed E-state index contributed by atoms with van der Waals surface area (Å²) in [5.41, 5.74) is 6.39. The van der Waals surface area contributed by atoms with Gasteiger partial charge < -0.3 is 4.42 Å². The van der Waals surface area contributed by atoms with Crippen LogP contribution in [0, 0.1) is 0 Å². The standard InChI is InChI=1S/C35H22N4O/c1-2-7-25-21-29(17-11-23(25)6-1)39(34-18-14-27-20-26-8-5-19-36-31(26)22-32(27)37-34)28-15-12-24(13-16-28)35-38-30-9-3-4-10-33(30)40-35/h1-22H. The van der Waals surface area contributed by atoms with Gasteiger partial charge in [0, 0.05) is 33.9 Å². The number of benzene rings is 5. The van der Waals surface area contributed by atoms with E-state index >= 15 is 0 Å². The molecule has 8 rings (SSSR count). The van der Waals surface area contributed by atoms with E-state index < -0.39 is 0 Å². The van der Waals surface area contributed by atoms with Crippen LogP contribution in [-0.2, 0) is 0 Å². The van der Waals surface area contributed by atoms with Crippen molar-refractivity contribution in [1.82, 2.24) is 15.0 Å². The van der Waals surface area contributed by atoms with Gasteiger partial charge in [0.25, 0.3) is 0 Å². The molecule has 5 aromatic carbocycles. The Bertz CT molecular complexity index is 2150. The molecule has 40 heavy (non-hydrogen) atoms. The van der Waals surface area contributed by atoms with E-state index in [1.807, 2.05) is 48.7 Å². The van der Waals surface area contributed by atoms with Gasteiger partial charge in [0.1, 0.15) is 11.3 Å². The maximum atomic E-state index is 6.01. The predicted octanol–water partition coefficient (Wildman–Crippen LogP) is 9.21. The average molecular weight is 515 g/mol. The van der Waals surface area contributed by atoms with E-state index in [0.29, 0.717) is 5.89 Å². The van der Waals surface area contributed by atoms with Crippen molar-refractivity contribution in [2.24, 2.45) is 0 Å². The van der Waals surface area contributed by atoms with E-state index in [2.05, 4.69) is 99.8 Å². The molecular formula is C35H22N4O. The fourth-order valence-corrected chi connectivity index (χ4v) is 5.28. The number of hydrogen-bond donors (Lipinski definition) is 0. The minimum Gasteiger partial charge on any atom is -0.436 e. The quantitative estimate of drug-likeness (QED) is 0.219. The first-order valence-corrected chi connectivity index (χ1v) is 13.2. The third-order valence-corrected chi connectivity index (χ3v) is 7.29. The molecule has 0 N–H and O–H groups in total. The van der Waals surface area contributed by atoms with Crippen LogP contribution in [0.25, 0.3) is 55.1 Å². The van der Waals surface area contributed by atoms with Gasteiger partial charge in [0.05, 0.1) is 11.0 Å². The molecule has 5 heteroatoms. The molecule has 0 bridgehead atoms. The monoisotopic (exact) mass is 514 g/mol. The van der Waals surface area contributed by atoms with Crippen LogP contribution in [0.4, 0.5) is 17.2 Å². The first kappa shape index (κ1) is 22.4. The number of oxazole rings is 1. The number of pyridine rings is 2. The normalized spacial score (nSPS) is 11.5. The number of aromatic nitrogens is 3. The Balaban J connectivity index is 1.27. The van der Waals surface area contributed by atoms with Gasteiger partial charge in [-0.05, 0) is 89.6 Å². The molecule has 0 unspecified atom stereocenters. The number of nitrogens with zero attached hydrogens (tertiary/aromatic N) is 4. The van der Waals surface area contributed by atoms with Gasteiger partial charge in [-0.1, -0.05) is 48.5 Å². The predicted molar refractivity (Wildman–Crippen MR) is 162 cm³/mol. The molecule has 0 aliphatic rings. The lowest BCUT2D eigenvalue weighted by atomic mass is 10.1. The zero-order chi connectivity index (χ0) is 26.5. The van der Waals surface area contributed by atoms with Gasteiger partial charge in [-0.15, -0.1) is 0 Å². The Kier molecular flexibility index (Phi) is 5.07. The molecule has 188 valence electrons. The fourth-order valence-electron chi connectivity index (χ4n) is 5.28. The van der Waals surface area contributed by atoms with E-state index in [0.717, 1.165) is 55.7 Å². The maximum Gasteiger partial charge on any atom is 0.227 e. The Morgan fingerprint density at radius 1 is 0.500 bits per heavy atom. The van der Waals surface area contributed by atoms with Gasteiger partial charge in [-0.2, -0.15) is 0 Å². The lowest BCUT2D eigenvalue weighted by molar-refractivity contribution is 0.620. The van der Waals surface area contributed by atoms with Crippen molar-refractivity contribution >= 4 is 60.9 Å². The zero-order valence-corrected chi connectivity index (χ0v) is 21.4. The van der Waals surface area contributed by atoms with Crippen molar-refractivity contribution in [3.05, 3.63) is 134 Å². The molecule has 0 aliphatic heterocycles. The molecule has 0 spiro atoms. The van der Waals surface area contributed by atoms with Crippen LogP contribution >= 0.6 is 0 Å². The summed E-state index contributed by atoms with van der Waals surface area (Å²) in [5.74, 6) is 1.43. The summed E-state index contributed by atoms with van der Waals surface area (Å²) >= 11 is 0. The highest BCUT2D eigenvalue weighted by molar-refractivity contribution is 5.96. The first-order valence-electron chi connectivity index (χ1n) is 13.2. The molecular weight excluding hydrogens is 492 g/mol. The number of rotatable bonds is 4. The lowest BCUT2D eigenvalue weighted by Gasteiger charge is -2.25. The molecule has 3 heterocycles. The van der Waals surface area contributed by atoms with Crippen molar-refractivity contribution in [1.29, 1.82) is 0 Å². The van der Waals surface area contributed by atoms with Crippen LogP contribution in [0.3, 0.4) is 0 Å². The van der Waals surface area contributed by atoms with E-state index in [4.69, 9.17) is 9.40 Å². The van der Waals surface area contributed by atoms with Gasteiger partial charge in [0.15, 0.2) is 5.58 Å². The summed E-state index contributed by atoms with van der Waals surface area (Å²) < 4.78 is 6.01. The summed E-state index contributed by atoms with van der Waals surface area (Å²) in [4.78, 5) is 16.5. The molecule has 3 aromatic heterocycles. The van der Waals surface area contributed by atoms with Crippen molar-refractivity contribution in [2.45, 2.75) is 0 Å². The summed E-state index contributed by atoms with van der Waals surface area (Å²) in [5, 5.41) is 4.55. The lowest BCUT2D eigenvalue weighted by Crippen LogP contribution is -2.11. The smallest absolute Gasteiger partial charge is 0.227 e. The van der Waals surface area contributed by atoms with Gasteiger partial charge in [-0.25, -0.2) is 9.97 Å². The van der Waals surface area contributed by atoms with E-state index in [9.17, 15) is 0 Å². The number of para-hydroxylation sites is 2. The highest BCUT2D eigenvalue weighted by atomic mass is 16.3. The van der Waals surface area contributed by atoms with Crippen LogP contribution in [0.1, 0.15) is 0 Å². The van der Waals surface area contributed by atoms with Crippen LogP contribution < -0.4 is 4.90 Å². The maximum absolute atomic E-state index is 6.01. The zero-order valence-electron chi connectivity index (χ0n) is 21.4. The summed E-state index contributed by atoms with van der Waals surface area (Å²) in [6.07, 6.45) is 1.82. The van der Waals surface area contributed by atoms with Gasteiger partial charge in [0.2, 0.25) is 5.89 Å². The third-order valence-electron chi connectivity index (χ3n) is 7.29. The molecule has 0 atom stereocenters. The molecule has 0 saturated heterocycles. The minimum absolute atomic E-state index is 0.605. The number of fused-ring (bicyclic) bond motifs is 4. The minimum atomic E-state index is 0.605. The second-order valence-corrected chi connectivity index (χ2v) is 9.81. The molecule has 0 saturated carbocycles. The number of anilines is 3. The number of hydrogen-bond acceptors (Lipinski definition) is 5. The van der Waals surface area contributed by atoms with Crippen molar-refractivity contribution in [3.8, 4) is 11.5 Å². The highest BCUT2D eigenvalue weighted by Crippen LogP contribution is 2.37.